The van der Waals surface area contributed by atoms with Gasteiger partial charge >= 0.3 is 6.01 Å². The lowest BCUT2D eigenvalue weighted by Crippen LogP contribution is -2.56. The van der Waals surface area contributed by atoms with Crippen LogP contribution < -0.4 is 9.64 Å². The first kappa shape index (κ1) is 29.0. The van der Waals surface area contributed by atoms with Crippen molar-refractivity contribution in [1.82, 2.24) is 19.8 Å². The topological polar surface area (TPSA) is 66.2 Å². The number of hydrogen-bond acceptors (Lipinski definition) is 6. The SMILES string of the molecule is [C-]#[N+]C[C@H]1CN(c2nc(Oc3cccc4c3CCN(C)C4)nc3cc(-c4cccc5c4CCCC5)ccc23)CCN1C(=O)C=C. The van der Waals surface area contributed by atoms with E-state index < -0.39 is 0 Å². The van der Waals surface area contributed by atoms with E-state index in [4.69, 9.17) is 21.3 Å². The average Bonchev–Trinajstić information content (AvgIpc) is 3.07. The lowest BCUT2D eigenvalue weighted by Gasteiger charge is -2.39. The molecule has 45 heavy (non-hydrogen) atoms. The summed E-state index contributed by atoms with van der Waals surface area (Å²) in [6.45, 7) is 14.9. The minimum Gasteiger partial charge on any atom is -0.424 e. The summed E-state index contributed by atoms with van der Waals surface area (Å²) in [6.07, 6.45) is 6.92. The van der Waals surface area contributed by atoms with Crippen LogP contribution in [0.1, 0.15) is 35.1 Å². The van der Waals surface area contributed by atoms with E-state index in [9.17, 15) is 4.79 Å². The summed E-state index contributed by atoms with van der Waals surface area (Å²) in [5.74, 6) is 1.42. The summed E-state index contributed by atoms with van der Waals surface area (Å²) in [5, 5.41) is 0.928. The van der Waals surface area contributed by atoms with Gasteiger partial charge in [-0.05, 0) is 91.2 Å². The fraction of sp³-hybridized carbons (Fsp3) is 0.351. The van der Waals surface area contributed by atoms with Crippen molar-refractivity contribution < 1.29 is 9.53 Å². The van der Waals surface area contributed by atoms with Gasteiger partial charge in [0.2, 0.25) is 12.5 Å². The number of amides is 1. The molecule has 8 heteroatoms. The lowest BCUT2D eigenvalue weighted by molar-refractivity contribution is -0.128. The van der Waals surface area contributed by atoms with Crippen molar-refractivity contribution in [3.05, 3.63) is 101 Å². The molecule has 1 aliphatic carbocycles. The third-order valence-electron chi connectivity index (χ3n) is 9.52. The quantitative estimate of drug-likeness (QED) is 0.198. The van der Waals surface area contributed by atoms with Crippen LogP contribution in [-0.4, -0.2) is 71.5 Å². The maximum absolute atomic E-state index is 12.6. The number of rotatable bonds is 6. The predicted molar refractivity (Wildman–Crippen MR) is 178 cm³/mol. The normalized spacial score (nSPS) is 18.2. The molecule has 0 saturated carbocycles. The van der Waals surface area contributed by atoms with Gasteiger partial charge in [0, 0.05) is 43.7 Å². The zero-order chi connectivity index (χ0) is 30.9. The fourth-order valence-electron chi connectivity index (χ4n) is 7.22. The van der Waals surface area contributed by atoms with Gasteiger partial charge in [0.1, 0.15) is 17.6 Å². The number of aryl methyl sites for hydroxylation is 1. The molecule has 3 aliphatic rings. The average molecular weight is 599 g/mol. The lowest BCUT2D eigenvalue weighted by atomic mass is 9.86. The molecule has 3 heterocycles. The zero-order valence-corrected chi connectivity index (χ0v) is 25.8. The molecule has 0 unspecified atom stereocenters. The highest BCUT2D eigenvalue weighted by atomic mass is 16.5. The van der Waals surface area contributed by atoms with Gasteiger partial charge < -0.3 is 24.3 Å². The second-order valence-electron chi connectivity index (χ2n) is 12.4. The molecule has 8 nitrogen and oxygen atoms in total. The molecule has 4 aromatic rings. The molecular weight excluding hydrogens is 560 g/mol. The highest BCUT2D eigenvalue weighted by Crippen LogP contribution is 2.37. The van der Waals surface area contributed by atoms with E-state index in [1.807, 2.05) is 12.1 Å². The molecule has 1 atom stereocenters. The smallest absolute Gasteiger partial charge is 0.324 e. The molecule has 0 spiro atoms. The number of ether oxygens (including phenoxy) is 1. The molecule has 1 saturated heterocycles. The number of hydrogen-bond donors (Lipinski definition) is 0. The molecule has 0 radical (unpaired) electrons. The molecule has 1 aromatic heterocycles. The number of carbonyl (C=O) groups is 1. The Bertz CT molecular complexity index is 1830. The predicted octanol–water partition coefficient (Wildman–Crippen LogP) is 6.08. The molecule has 228 valence electrons. The van der Waals surface area contributed by atoms with Crippen molar-refractivity contribution in [3.63, 3.8) is 0 Å². The largest absolute Gasteiger partial charge is 0.424 e. The highest BCUT2D eigenvalue weighted by Gasteiger charge is 2.33. The Labute approximate surface area is 264 Å². The Kier molecular flexibility index (Phi) is 7.95. The van der Waals surface area contributed by atoms with Crippen LogP contribution >= 0.6 is 0 Å². The number of fused-ring (bicyclic) bond motifs is 3. The van der Waals surface area contributed by atoms with Gasteiger partial charge in [-0.25, -0.2) is 6.57 Å². The van der Waals surface area contributed by atoms with Crippen molar-refractivity contribution in [2.75, 3.05) is 44.7 Å². The van der Waals surface area contributed by atoms with Gasteiger partial charge in [0.25, 0.3) is 0 Å². The maximum Gasteiger partial charge on any atom is 0.324 e. The first-order valence-corrected chi connectivity index (χ1v) is 15.9. The number of anilines is 1. The summed E-state index contributed by atoms with van der Waals surface area (Å²) in [4.78, 5) is 32.5. The van der Waals surface area contributed by atoms with Crippen LogP contribution in [0.15, 0.2) is 67.3 Å². The summed E-state index contributed by atoms with van der Waals surface area (Å²) in [5.41, 5.74) is 8.60. The molecule has 2 aliphatic heterocycles. The molecule has 1 fully saturated rings. The first-order chi connectivity index (χ1) is 22.0. The van der Waals surface area contributed by atoms with Crippen LogP contribution in [0.4, 0.5) is 5.82 Å². The number of benzene rings is 3. The first-order valence-electron chi connectivity index (χ1n) is 15.9. The minimum atomic E-state index is -0.260. The molecular formula is C37H38N6O2. The van der Waals surface area contributed by atoms with E-state index in [0.717, 1.165) is 60.4 Å². The van der Waals surface area contributed by atoms with Crippen LogP contribution in [0.25, 0.3) is 26.9 Å². The monoisotopic (exact) mass is 598 g/mol. The standard InChI is InChI=1S/C37H38N6O2/c1-4-35(44)43-20-19-42(24-28(43)22-38-2)36-32-16-15-26(30-13-7-10-25-9-5-6-12-29(25)30)21-33(32)39-37(40-36)45-34-14-8-11-27-23-41(3)18-17-31(27)34/h4,7-8,10-11,13-16,21,28H,1,5-6,9,12,17-20,22-24H2,3H3/t28-/m0/s1. The van der Waals surface area contributed by atoms with Gasteiger partial charge in [0.15, 0.2) is 0 Å². The van der Waals surface area contributed by atoms with E-state index in [-0.39, 0.29) is 18.5 Å². The van der Waals surface area contributed by atoms with E-state index in [1.165, 1.54) is 46.7 Å². The highest BCUT2D eigenvalue weighted by molar-refractivity contribution is 5.93. The van der Waals surface area contributed by atoms with Crippen molar-refractivity contribution in [2.45, 2.75) is 44.7 Å². The maximum atomic E-state index is 12.6. The Hall–Kier alpha value is -4.74. The van der Waals surface area contributed by atoms with Crippen LogP contribution in [0.5, 0.6) is 11.8 Å². The molecule has 0 bridgehead atoms. The summed E-state index contributed by atoms with van der Waals surface area (Å²) in [7, 11) is 2.14. The summed E-state index contributed by atoms with van der Waals surface area (Å²) >= 11 is 0. The van der Waals surface area contributed by atoms with Crippen LogP contribution in [0.2, 0.25) is 0 Å². The van der Waals surface area contributed by atoms with Crippen LogP contribution in [0.3, 0.4) is 0 Å². The summed E-state index contributed by atoms with van der Waals surface area (Å²) in [6, 6.07) is 19.4. The Morgan fingerprint density at radius 3 is 2.73 bits per heavy atom. The third-order valence-corrected chi connectivity index (χ3v) is 9.52. The van der Waals surface area contributed by atoms with E-state index in [1.54, 1.807) is 4.90 Å². The van der Waals surface area contributed by atoms with Gasteiger partial charge in [-0.1, -0.05) is 43.0 Å². The number of carbonyl (C=O) groups excluding carboxylic acids is 1. The third kappa shape index (κ3) is 5.65. The van der Waals surface area contributed by atoms with Gasteiger partial charge in [0.05, 0.1) is 5.52 Å². The zero-order valence-electron chi connectivity index (χ0n) is 25.8. The van der Waals surface area contributed by atoms with Crippen molar-refractivity contribution in [1.29, 1.82) is 0 Å². The number of piperazine rings is 1. The van der Waals surface area contributed by atoms with Crippen molar-refractivity contribution in [2.24, 2.45) is 0 Å². The van der Waals surface area contributed by atoms with Crippen molar-refractivity contribution in [3.8, 4) is 22.9 Å². The van der Waals surface area contributed by atoms with Crippen molar-refractivity contribution >= 4 is 22.6 Å². The Morgan fingerprint density at radius 2 is 1.87 bits per heavy atom. The van der Waals surface area contributed by atoms with Gasteiger partial charge in [-0.3, -0.25) is 4.79 Å². The Balaban J connectivity index is 1.32. The van der Waals surface area contributed by atoms with Crippen LogP contribution in [-0.2, 0) is 30.6 Å². The fourth-order valence-corrected chi connectivity index (χ4v) is 7.22. The van der Waals surface area contributed by atoms with E-state index in [0.29, 0.717) is 25.6 Å². The number of aromatic nitrogens is 2. The van der Waals surface area contributed by atoms with E-state index in [2.05, 4.69) is 70.7 Å². The second kappa shape index (κ2) is 12.3. The van der Waals surface area contributed by atoms with Crippen LogP contribution in [0, 0.1) is 6.57 Å². The van der Waals surface area contributed by atoms with Gasteiger partial charge in [-0.2, -0.15) is 9.97 Å². The second-order valence-corrected chi connectivity index (χ2v) is 12.4. The Morgan fingerprint density at radius 1 is 1.02 bits per heavy atom. The number of nitrogens with zero attached hydrogens (tertiary/aromatic N) is 6. The number of likely N-dealkylation sites (N-methyl/N-ethyl adjacent to an activating group) is 1. The summed E-state index contributed by atoms with van der Waals surface area (Å²) < 4.78 is 6.55. The minimum absolute atomic E-state index is 0.143. The van der Waals surface area contributed by atoms with E-state index >= 15 is 0 Å². The molecule has 1 amide bonds. The molecule has 7 rings (SSSR count). The molecule has 3 aromatic carbocycles. The van der Waals surface area contributed by atoms with Gasteiger partial charge in [-0.15, -0.1) is 0 Å². The molecule has 0 N–H and O–H groups in total.